The molecule has 0 bridgehead atoms. The monoisotopic (exact) mass is 208 g/mol. The molecule has 1 aromatic carbocycles. The second kappa shape index (κ2) is 2.87. The van der Waals surface area contributed by atoms with Crippen molar-refractivity contribution in [3.63, 3.8) is 0 Å². The Kier molecular flexibility index (Phi) is 1.73. The van der Waals surface area contributed by atoms with Crippen molar-refractivity contribution in [2.24, 2.45) is 0 Å². The molecule has 0 fully saturated rings. The summed E-state index contributed by atoms with van der Waals surface area (Å²) in [5.41, 5.74) is 1.97. The van der Waals surface area contributed by atoms with E-state index in [9.17, 15) is 4.39 Å². The minimum absolute atomic E-state index is 0.0782. The zero-order valence-electron chi connectivity index (χ0n) is 8.84. The minimum Gasteiger partial charge on any atom is -0.487 e. The van der Waals surface area contributed by atoms with Crippen LogP contribution in [0.2, 0.25) is 0 Å². The molecule has 2 unspecified atom stereocenters. The van der Waals surface area contributed by atoms with Crippen LogP contribution in [0.3, 0.4) is 0 Å². The maximum Gasteiger partial charge on any atom is 0.207 e. The Hall–Kier alpha value is -1.25. The van der Waals surface area contributed by atoms with E-state index in [-0.39, 0.29) is 18.0 Å². The first-order chi connectivity index (χ1) is 7.15. The molecule has 2 aliphatic rings. The Morgan fingerprint density at radius 1 is 1.07 bits per heavy atom. The van der Waals surface area contributed by atoms with E-state index in [0.717, 1.165) is 24.0 Å². The first kappa shape index (κ1) is 9.01. The average Bonchev–Trinajstić information content (AvgIpc) is 2.69. The van der Waals surface area contributed by atoms with Crippen molar-refractivity contribution in [2.45, 2.75) is 38.9 Å². The summed E-state index contributed by atoms with van der Waals surface area (Å²) in [5.74, 6) is 0.488. The van der Waals surface area contributed by atoms with E-state index in [1.54, 1.807) is 0 Å². The molecule has 0 radical (unpaired) electrons. The molecule has 3 rings (SSSR count). The second-order valence-corrected chi connectivity index (χ2v) is 4.43. The summed E-state index contributed by atoms with van der Waals surface area (Å²) in [6.45, 7) is 3.90. The van der Waals surface area contributed by atoms with Gasteiger partial charge in [0, 0.05) is 24.0 Å². The van der Waals surface area contributed by atoms with Crippen LogP contribution in [0.15, 0.2) is 6.07 Å². The number of hydrogen-bond acceptors (Lipinski definition) is 2. The quantitative estimate of drug-likeness (QED) is 0.652. The van der Waals surface area contributed by atoms with Gasteiger partial charge in [-0.1, -0.05) is 0 Å². The molecule has 0 aliphatic carbocycles. The topological polar surface area (TPSA) is 18.5 Å². The molecule has 2 nitrogen and oxygen atoms in total. The van der Waals surface area contributed by atoms with Crippen molar-refractivity contribution in [1.82, 2.24) is 0 Å². The van der Waals surface area contributed by atoms with Crippen LogP contribution in [-0.4, -0.2) is 12.2 Å². The van der Waals surface area contributed by atoms with Crippen LogP contribution in [0.1, 0.15) is 25.0 Å². The zero-order valence-corrected chi connectivity index (χ0v) is 8.84. The van der Waals surface area contributed by atoms with Gasteiger partial charge in [0.25, 0.3) is 0 Å². The Morgan fingerprint density at radius 2 is 1.53 bits per heavy atom. The van der Waals surface area contributed by atoms with Crippen LogP contribution in [0, 0.1) is 5.82 Å². The lowest BCUT2D eigenvalue weighted by Crippen LogP contribution is -2.07. The van der Waals surface area contributed by atoms with Gasteiger partial charge >= 0.3 is 0 Å². The van der Waals surface area contributed by atoms with Gasteiger partial charge in [-0.15, -0.1) is 0 Å². The number of benzene rings is 1. The van der Waals surface area contributed by atoms with Gasteiger partial charge in [0.1, 0.15) is 12.2 Å². The largest absolute Gasteiger partial charge is 0.487 e. The molecule has 1 aromatic rings. The molecule has 0 amide bonds. The third-order valence-corrected chi connectivity index (χ3v) is 2.98. The highest BCUT2D eigenvalue weighted by molar-refractivity contribution is 5.52. The van der Waals surface area contributed by atoms with E-state index >= 15 is 0 Å². The smallest absolute Gasteiger partial charge is 0.207 e. The molecule has 2 heterocycles. The highest BCUT2D eigenvalue weighted by Gasteiger charge is 2.31. The summed E-state index contributed by atoms with van der Waals surface area (Å²) in [6.07, 6.45) is 1.76. The number of ether oxygens (including phenoxy) is 2. The number of rotatable bonds is 0. The van der Waals surface area contributed by atoms with Crippen molar-refractivity contribution in [1.29, 1.82) is 0 Å². The lowest BCUT2D eigenvalue weighted by molar-refractivity contribution is 0.226. The molecule has 0 aromatic heterocycles. The van der Waals surface area contributed by atoms with Gasteiger partial charge in [-0.25, -0.2) is 0 Å². The third kappa shape index (κ3) is 1.22. The first-order valence-electron chi connectivity index (χ1n) is 5.32. The van der Waals surface area contributed by atoms with E-state index in [1.165, 1.54) is 0 Å². The van der Waals surface area contributed by atoms with Gasteiger partial charge in [0.15, 0.2) is 11.5 Å². The number of fused-ring (bicyclic) bond motifs is 2. The summed E-state index contributed by atoms with van der Waals surface area (Å²) >= 11 is 0. The first-order valence-corrected chi connectivity index (χ1v) is 5.32. The van der Waals surface area contributed by atoms with Crippen molar-refractivity contribution < 1.29 is 13.9 Å². The molecule has 0 saturated carbocycles. The molecular weight excluding hydrogens is 195 g/mol. The van der Waals surface area contributed by atoms with Gasteiger partial charge in [-0.3, -0.25) is 0 Å². The average molecular weight is 208 g/mol. The van der Waals surface area contributed by atoms with Crippen LogP contribution < -0.4 is 9.47 Å². The lowest BCUT2D eigenvalue weighted by Gasteiger charge is -2.07. The molecule has 80 valence electrons. The fraction of sp³-hybridized carbons (Fsp3) is 0.500. The molecular formula is C12H13FO2. The minimum atomic E-state index is -0.309. The molecule has 2 atom stereocenters. The predicted octanol–water partition coefficient (Wildman–Crippen LogP) is 2.47. The van der Waals surface area contributed by atoms with E-state index in [1.807, 2.05) is 19.9 Å². The molecule has 15 heavy (non-hydrogen) atoms. The van der Waals surface area contributed by atoms with Gasteiger partial charge in [-0.05, 0) is 19.9 Å². The molecule has 0 saturated heterocycles. The number of hydrogen-bond donors (Lipinski definition) is 0. The van der Waals surface area contributed by atoms with Crippen LogP contribution in [0.5, 0.6) is 11.5 Å². The van der Waals surface area contributed by atoms with Crippen LogP contribution >= 0.6 is 0 Å². The summed E-state index contributed by atoms with van der Waals surface area (Å²) in [4.78, 5) is 0. The zero-order chi connectivity index (χ0) is 10.6. The standard InChI is InChI=1S/C12H13FO2/c1-6-3-8-5-9-4-7(2)15-12(9)10(13)11(8)14-6/h5-7H,3-4H2,1-2H3. The second-order valence-electron chi connectivity index (χ2n) is 4.43. The van der Waals surface area contributed by atoms with Crippen molar-refractivity contribution >= 4 is 0 Å². The van der Waals surface area contributed by atoms with Gasteiger partial charge < -0.3 is 9.47 Å². The SMILES string of the molecule is CC1Cc2cc3c(c(F)c2O1)OC(C)C3. The summed E-state index contributed by atoms with van der Waals surface area (Å²) in [6, 6.07) is 2.03. The maximum atomic E-state index is 14.0. The number of halogens is 1. The summed E-state index contributed by atoms with van der Waals surface area (Å²) in [5, 5.41) is 0. The normalized spacial score (nSPS) is 26.9. The maximum absolute atomic E-state index is 14.0. The third-order valence-electron chi connectivity index (χ3n) is 2.98. The van der Waals surface area contributed by atoms with Crippen LogP contribution in [-0.2, 0) is 12.8 Å². The molecule has 2 aliphatic heterocycles. The van der Waals surface area contributed by atoms with Gasteiger partial charge in [0.2, 0.25) is 5.82 Å². The van der Waals surface area contributed by atoms with Crippen molar-refractivity contribution in [3.05, 3.63) is 23.0 Å². The van der Waals surface area contributed by atoms with E-state index in [4.69, 9.17) is 9.47 Å². The summed E-state index contributed by atoms with van der Waals surface area (Å²) in [7, 11) is 0. The fourth-order valence-corrected chi connectivity index (χ4v) is 2.39. The van der Waals surface area contributed by atoms with E-state index < -0.39 is 0 Å². The molecule has 3 heteroatoms. The molecule has 0 spiro atoms. The van der Waals surface area contributed by atoms with Crippen molar-refractivity contribution in [3.8, 4) is 11.5 Å². The Morgan fingerprint density at radius 3 is 2.00 bits per heavy atom. The van der Waals surface area contributed by atoms with E-state index in [0.29, 0.717) is 11.5 Å². The highest BCUT2D eigenvalue weighted by Crippen LogP contribution is 2.42. The molecule has 0 N–H and O–H groups in total. The van der Waals surface area contributed by atoms with Gasteiger partial charge in [-0.2, -0.15) is 4.39 Å². The Balaban J connectivity index is 2.14. The fourth-order valence-electron chi connectivity index (χ4n) is 2.39. The van der Waals surface area contributed by atoms with Gasteiger partial charge in [0.05, 0.1) is 0 Å². The lowest BCUT2D eigenvalue weighted by atomic mass is 10.0. The van der Waals surface area contributed by atoms with Crippen molar-refractivity contribution in [2.75, 3.05) is 0 Å². The van der Waals surface area contributed by atoms with Crippen LogP contribution in [0.25, 0.3) is 0 Å². The van der Waals surface area contributed by atoms with Crippen LogP contribution in [0.4, 0.5) is 4.39 Å². The summed E-state index contributed by atoms with van der Waals surface area (Å²) < 4.78 is 24.9. The Bertz CT molecular complexity index is 392. The Labute approximate surface area is 88.0 Å². The predicted molar refractivity (Wildman–Crippen MR) is 54.0 cm³/mol. The van der Waals surface area contributed by atoms with E-state index in [2.05, 4.69) is 0 Å². The highest BCUT2D eigenvalue weighted by atomic mass is 19.1.